The Morgan fingerprint density at radius 2 is 1.96 bits per heavy atom. The number of benzene rings is 2. The molecule has 0 aliphatic rings. The maximum atomic E-state index is 12.9. The molecule has 0 aromatic heterocycles. The van der Waals surface area contributed by atoms with Crippen molar-refractivity contribution in [3.8, 4) is 17.6 Å². The molecule has 2 rings (SSSR count). The first-order valence-corrected chi connectivity index (χ1v) is 6.94. The molecule has 0 aliphatic carbocycles. The van der Waals surface area contributed by atoms with Crippen molar-refractivity contribution < 1.29 is 18.7 Å². The van der Waals surface area contributed by atoms with E-state index in [9.17, 15) is 9.18 Å². The number of amides is 1. The molecule has 0 heterocycles. The standard InChI is InChI=1S/C16H12ClFN2O3/c17-14-9-11(18)1-6-15(14)23-10-16(21)20-12-2-4-13(5-3-12)22-8-7-19/h1-6,9H,8,10H2,(H,20,21). The lowest BCUT2D eigenvalue weighted by Crippen LogP contribution is -2.20. The van der Waals surface area contributed by atoms with Crippen LogP contribution in [0.5, 0.6) is 11.5 Å². The quantitative estimate of drug-likeness (QED) is 0.878. The number of carbonyl (C=O) groups excluding carboxylic acids is 1. The van der Waals surface area contributed by atoms with Gasteiger partial charge in [0.15, 0.2) is 13.2 Å². The highest BCUT2D eigenvalue weighted by atomic mass is 35.5. The van der Waals surface area contributed by atoms with Gasteiger partial charge < -0.3 is 14.8 Å². The van der Waals surface area contributed by atoms with Gasteiger partial charge >= 0.3 is 0 Å². The van der Waals surface area contributed by atoms with Crippen molar-refractivity contribution in [2.45, 2.75) is 0 Å². The van der Waals surface area contributed by atoms with E-state index in [4.69, 9.17) is 26.3 Å². The number of ether oxygens (including phenoxy) is 2. The number of carbonyl (C=O) groups is 1. The Kier molecular flexibility index (Phi) is 5.78. The molecule has 0 atom stereocenters. The molecule has 1 N–H and O–H groups in total. The van der Waals surface area contributed by atoms with Gasteiger partial charge in [0.1, 0.15) is 23.4 Å². The van der Waals surface area contributed by atoms with Crippen molar-refractivity contribution in [1.82, 2.24) is 0 Å². The average Bonchev–Trinajstić information content (AvgIpc) is 2.53. The molecule has 5 nitrogen and oxygen atoms in total. The first kappa shape index (κ1) is 16.6. The van der Waals surface area contributed by atoms with Crippen LogP contribution in [0.25, 0.3) is 0 Å². The predicted molar refractivity (Wildman–Crippen MR) is 83.1 cm³/mol. The molecule has 0 saturated heterocycles. The summed E-state index contributed by atoms with van der Waals surface area (Å²) in [5.74, 6) is -0.121. The number of nitrogens with one attached hydrogen (secondary N) is 1. The van der Waals surface area contributed by atoms with Crippen LogP contribution in [0.4, 0.5) is 10.1 Å². The molecule has 118 valence electrons. The van der Waals surface area contributed by atoms with Gasteiger partial charge in [0.2, 0.25) is 0 Å². The van der Waals surface area contributed by atoms with Crippen LogP contribution in [0.2, 0.25) is 5.02 Å². The van der Waals surface area contributed by atoms with Crippen LogP contribution in [-0.2, 0) is 4.79 Å². The van der Waals surface area contributed by atoms with E-state index in [0.717, 1.165) is 6.07 Å². The molecule has 0 saturated carbocycles. The highest BCUT2D eigenvalue weighted by Gasteiger charge is 2.07. The molecule has 0 spiro atoms. The Balaban J connectivity index is 1.86. The Labute approximate surface area is 137 Å². The minimum absolute atomic E-state index is 0.0437. The van der Waals surface area contributed by atoms with E-state index in [0.29, 0.717) is 11.4 Å². The molecular weight excluding hydrogens is 323 g/mol. The van der Waals surface area contributed by atoms with Crippen molar-refractivity contribution >= 4 is 23.2 Å². The second-order valence-corrected chi connectivity index (χ2v) is 4.79. The largest absolute Gasteiger partial charge is 0.482 e. The van der Waals surface area contributed by atoms with Gasteiger partial charge in [-0.25, -0.2) is 4.39 Å². The maximum Gasteiger partial charge on any atom is 0.262 e. The second-order valence-electron chi connectivity index (χ2n) is 4.38. The van der Waals surface area contributed by atoms with Crippen LogP contribution in [-0.4, -0.2) is 19.1 Å². The van der Waals surface area contributed by atoms with Crippen LogP contribution in [0.1, 0.15) is 0 Å². The summed E-state index contributed by atoms with van der Waals surface area (Å²) in [7, 11) is 0. The van der Waals surface area contributed by atoms with Gasteiger partial charge in [-0.1, -0.05) is 11.6 Å². The summed E-state index contributed by atoms with van der Waals surface area (Å²) < 4.78 is 23.2. The van der Waals surface area contributed by atoms with E-state index >= 15 is 0 Å². The zero-order chi connectivity index (χ0) is 16.7. The highest BCUT2D eigenvalue weighted by molar-refractivity contribution is 6.32. The summed E-state index contributed by atoms with van der Waals surface area (Å²) in [5.41, 5.74) is 0.549. The molecule has 2 aromatic carbocycles. The van der Waals surface area contributed by atoms with Gasteiger partial charge in [0.25, 0.3) is 5.91 Å². The number of rotatable bonds is 6. The molecular formula is C16H12ClFN2O3. The molecule has 0 unspecified atom stereocenters. The lowest BCUT2D eigenvalue weighted by atomic mass is 10.3. The Hall–Kier alpha value is -2.78. The fourth-order valence-electron chi connectivity index (χ4n) is 1.68. The van der Waals surface area contributed by atoms with E-state index in [2.05, 4.69) is 5.32 Å². The molecule has 7 heteroatoms. The topological polar surface area (TPSA) is 71.3 Å². The molecule has 23 heavy (non-hydrogen) atoms. The molecule has 0 fully saturated rings. The van der Waals surface area contributed by atoms with Crippen LogP contribution in [0.15, 0.2) is 42.5 Å². The summed E-state index contributed by atoms with van der Waals surface area (Å²) in [5, 5.41) is 11.1. The number of halogens is 2. The number of anilines is 1. The Morgan fingerprint density at radius 3 is 2.61 bits per heavy atom. The monoisotopic (exact) mass is 334 g/mol. The lowest BCUT2D eigenvalue weighted by molar-refractivity contribution is -0.118. The van der Waals surface area contributed by atoms with Crippen molar-refractivity contribution in [2.24, 2.45) is 0 Å². The third-order valence-electron chi connectivity index (χ3n) is 2.69. The number of hydrogen-bond donors (Lipinski definition) is 1. The summed E-state index contributed by atoms with van der Waals surface area (Å²) in [6.07, 6.45) is 0. The van der Waals surface area contributed by atoms with Crippen LogP contribution < -0.4 is 14.8 Å². The Bertz CT molecular complexity index is 729. The number of nitrogens with zero attached hydrogens (tertiary/aromatic N) is 1. The smallest absolute Gasteiger partial charge is 0.262 e. The van der Waals surface area contributed by atoms with E-state index in [-0.39, 0.29) is 24.0 Å². The minimum Gasteiger partial charge on any atom is -0.482 e. The zero-order valence-corrected chi connectivity index (χ0v) is 12.6. The van der Waals surface area contributed by atoms with Gasteiger partial charge in [0, 0.05) is 5.69 Å². The summed E-state index contributed by atoms with van der Waals surface area (Å²) in [4.78, 5) is 11.8. The van der Waals surface area contributed by atoms with E-state index in [1.165, 1.54) is 12.1 Å². The van der Waals surface area contributed by atoms with Crippen molar-refractivity contribution in [3.05, 3.63) is 53.3 Å². The number of nitriles is 1. The minimum atomic E-state index is -0.481. The van der Waals surface area contributed by atoms with Gasteiger partial charge in [-0.2, -0.15) is 5.26 Å². The third kappa shape index (κ3) is 5.16. The Morgan fingerprint density at radius 1 is 1.22 bits per heavy atom. The van der Waals surface area contributed by atoms with Crippen LogP contribution in [0.3, 0.4) is 0 Å². The van der Waals surface area contributed by atoms with Gasteiger partial charge in [-0.05, 0) is 42.5 Å². The summed E-state index contributed by atoms with van der Waals surface area (Å²) in [6.45, 7) is -0.310. The zero-order valence-electron chi connectivity index (χ0n) is 11.9. The van der Waals surface area contributed by atoms with Gasteiger partial charge in [-0.15, -0.1) is 0 Å². The fraction of sp³-hybridized carbons (Fsp3) is 0.125. The first-order valence-electron chi connectivity index (χ1n) is 6.56. The normalized spacial score (nSPS) is 9.78. The number of hydrogen-bond acceptors (Lipinski definition) is 4. The van der Waals surface area contributed by atoms with E-state index < -0.39 is 11.7 Å². The van der Waals surface area contributed by atoms with E-state index in [1.54, 1.807) is 24.3 Å². The highest BCUT2D eigenvalue weighted by Crippen LogP contribution is 2.24. The lowest BCUT2D eigenvalue weighted by Gasteiger charge is -2.09. The second kappa shape index (κ2) is 8.01. The van der Waals surface area contributed by atoms with Gasteiger partial charge in [0.05, 0.1) is 5.02 Å². The van der Waals surface area contributed by atoms with Gasteiger partial charge in [-0.3, -0.25) is 4.79 Å². The first-order chi connectivity index (χ1) is 11.1. The SMILES string of the molecule is N#CCOc1ccc(NC(=O)COc2ccc(F)cc2Cl)cc1. The maximum absolute atomic E-state index is 12.9. The average molecular weight is 335 g/mol. The van der Waals surface area contributed by atoms with E-state index in [1.807, 2.05) is 6.07 Å². The molecule has 2 aromatic rings. The molecule has 0 aliphatic heterocycles. The molecule has 0 bridgehead atoms. The fourth-order valence-corrected chi connectivity index (χ4v) is 1.90. The van der Waals surface area contributed by atoms with Crippen molar-refractivity contribution in [1.29, 1.82) is 5.26 Å². The van der Waals surface area contributed by atoms with Crippen LogP contribution >= 0.6 is 11.6 Å². The predicted octanol–water partition coefficient (Wildman–Crippen LogP) is 3.40. The molecule has 1 amide bonds. The summed E-state index contributed by atoms with van der Waals surface area (Å²) in [6, 6.07) is 12.0. The van der Waals surface area contributed by atoms with Crippen molar-refractivity contribution in [3.63, 3.8) is 0 Å². The van der Waals surface area contributed by atoms with Crippen molar-refractivity contribution in [2.75, 3.05) is 18.5 Å². The molecule has 0 radical (unpaired) electrons. The van der Waals surface area contributed by atoms with Crippen LogP contribution in [0, 0.1) is 17.1 Å². The summed E-state index contributed by atoms with van der Waals surface area (Å²) >= 11 is 5.80. The third-order valence-corrected chi connectivity index (χ3v) is 2.99.